The summed E-state index contributed by atoms with van der Waals surface area (Å²) < 4.78 is 5.49. The number of likely N-dealkylation sites (tertiary alicyclic amines) is 1. The smallest absolute Gasteiger partial charge is 0.260 e. The van der Waals surface area contributed by atoms with Crippen molar-refractivity contribution in [2.75, 3.05) is 19.1 Å². The number of aromatic hydroxyl groups is 2. The molecular weight excluding hydrogens is 741 g/mol. The minimum atomic E-state index is -1.51. The summed E-state index contributed by atoms with van der Waals surface area (Å²) in [5.74, 6) is -4.35. The Hall–Kier alpha value is -5.32. The average molecular weight is 781 g/mol. The minimum absolute atomic E-state index is 0.124. The molecule has 6 unspecified atom stereocenters. The van der Waals surface area contributed by atoms with E-state index in [9.17, 15) is 24.6 Å². The van der Waals surface area contributed by atoms with E-state index in [-0.39, 0.29) is 47.7 Å². The quantitative estimate of drug-likeness (QED) is 0.126. The van der Waals surface area contributed by atoms with Crippen LogP contribution in [0, 0.1) is 37.5 Å². The molecule has 0 aromatic heterocycles. The minimum Gasteiger partial charge on any atom is -0.508 e. The summed E-state index contributed by atoms with van der Waals surface area (Å²) in [5, 5.41) is 22.3. The maximum absolute atomic E-state index is 15.5. The highest BCUT2D eigenvalue weighted by Crippen LogP contribution is 2.64. The van der Waals surface area contributed by atoms with Crippen LogP contribution < -0.4 is 10.2 Å². The average Bonchev–Trinajstić information content (AvgIpc) is 3.54. The summed E-state index contributed by atoms with van der Waals surface area (Å²) in [4.78, 5) is 60.3. The number of ether oxygens (including phenoxy) is 1. The summed E-state index contributed by atoms with van der Waals surface area (Å²) in [6.45, 7) is 3.75. The molecule has 8 rings (SSSR count). The van der Waals surface area contributed by atoms with E-state index >= 15 is 4.79 Å². The number of hydrogen-bond acceptors (Lipinski definition) is 8. The van der Waals surface area contributed by atoms with Crippen molar-refractivity contribution in [1.29, 1.82) is 0 Å². The highest BCUT2D eigenvalue weighted by Gasteiger charge is 2.70. The van der Waals surface area contributed by atoms with Crippen LogP contribution in [0.2, 0.25) is 10.0 Å². The number of fused-ring (bicyclic) bond motifs is 4. The van der Waals surface area contributed by atoms with E-state index in [1.165, 1.54) is 11.0 Å². The van der Waals surface area contributed by atoms with E-state index in [4.69, 9.17) is 27.9 Å². The monoisotopic (exact) mass is 779 g/mol. The zero-order chi connectivity index (χ0) is 38.9. The molecule has 0 radical (unpaired) electrons. The lowest BCUT2D eigenvalue weighted by molar-refractivity contribution is -0.141. The molecule has 0 bridgehead atoms. The molecule has 12 heteroatoms. The lowest BCUT2D eigenvalue weighted by Crippen LogP contribution is -2.53. The Bertz CT molecular complexity index is 2270. The molecule has 4 aromatic carbocycles. The Morgan fingerprint density at radius 1 is 0.855 bits per heavy atom. The molecule has 4 aromatic rings. The van der Waals surface area contributed by atoms with E-state index in [0.29, 0.717) is 45.1 Å². The van der Waals surface area contributed by atoms with Crippen molar-refractivity contribution in [2.24, 2.45) is 23.7 Å². The van der Waals surface area contributed by atoms with Crippen molar-refractivity contribution in [3.05, 3.63) is 128 Å². The molecule has 4 aliphatic rings. The third-order valence-electron chi connectivity index (χ3n) is 12.1. The number of phenols is 2. The van der Waals surface area contributed by atoms with Crippen LogP contribution in [0.3, 0.4) is 0 Å². The molecule has 0 spiro atoms. The van der Waals surface area contributed by atoms with Gasteiger partial charge in [0.25, 0.3) is 11.8 Å². The molecule has 282 valence electrons. The Balaban J connectivity index is 1.28. The van der Waals surface area contributed by atoms with Crippen molar-refractivity contribution >= 4 is 52.5 Å². The Labute approximate surface area is 328 Å². The van der Waals surface area contributed by atoms with Crippen LogP contribution >= 0.6 is 23.2 Å². The highest BCUT2D eigenvalue weighted by atomic mass is 35.5. The SMILES string of the molecule is COc1ccc(C23C(=O)N(Nc4ccc(Cl)cc4Cl)C(=O)C2CC2C(=CCC4C(=O)N(CCc5ccc(O)cc5)C(=O)C42)C3c2cc(C)c(O)c(C)c2)cc1. The second-order valence-electron chi connectivity index (χ2n) is 15.0. The zero-order valence-corrected chi connectivity index (χ0v) is 31.9. The van der Waals surface area contributed by atoms with Crippen LogP contribution in [0.25, 0.3) is 0 Å². The number of amides is 4. The number of carbonyl (C=O) groups is 4. The molecule has 2 aliphatic heterocycles. The third-order valence-corrected chi connectivity index (χ3v) is 12.6. The van der Waals surface area contributed by atoms with Gasteiger partial charge in [0.2, 0.25) is 11.8 Å². The molecule has 6 atom stereocenters. The second-order valence-corrected chi connectivity index (χ2v) is 15.8. The fourth-order valence-corrected chi connectivity index (χ4v) is 10.0. The first-order valence-corrected chi connectivity index (χ1v) is 19.0. The largest absolute Gasteiger partial charge is 0.508 e. The summed E-state index contributed by atoms with van der Waals surface area (Å²) in [6, 6.07) is 22.2. The van der Waals surface area contributed by atoms with Gasteiger partial charge in [0.05, 0.1) is 41.0 Å². The summed E-state index contributed by atoms with van der Waals surface area (Å²) in [6.07, 6.45) is 2.85. The highest BCUT2D eigenvalue weighted by molar-refractivity contribution is 6.36. The van der Waals surface area contributed by atoms with Crippen molar-refractivity contribution < 1.29 is 34.1 Å². The number of aryl methyl sites for hydroxylation is 2. The normalized spacial score (nSPS) is 25.8. The summed E-state index contributed by atoms with van der Waals surface area (Å²) in [7, 11) is 1.55. The van der Waals surface area contributed by atoms with Crippen LogP contribution in [0.4, 0.5) is 5.69 Å². The Kier molecular flexibility index (Phi) is 9.17. The number of rotatable bonds is 8. The third kappa shape index (κ3) is 5.76. The first-order valence-electron chi connectivity index (χ1n) is 18.2. The van der Waals surface area contributed by atoms with Gasteiger partial charge in [-0.25, -0.2) is 0 Å². The van der Waals surface area contributed by atoms with Gasteiger partial charge in [-0.05, 0) is 109 Å². The number of methoxy groups -OCH3 is 1. The Morgan fingerprint density at radius 2 is 1.55 bits per heavy atom. The molecular formula is C43H39Cl2N3O7. The molecule has 2 aliphatic carbocycles. The van der Waals surface area contributed by atoms with Crippen LogP contribution in [-0.4, -0.2) is 57.4 Å². The van der Waals surface area contributed by atoms with Gasteiger partial charge in [0, 0.05) is 17.5 Å². The number of hydrazine groups is 1. The number of carbonyl (C=O) groups excluding carboxylic acids is 4. The molecule has 4 amide bonds. The first kappa shape index (κ1) is 36.6. The van der Waals surface area contributed by atoms with Crippen LogP contribution in [0.5, 0.6) is 17.2 Å². The number of allylic oxidation sites excluding steroid dienone is 2. The fourth-order valence-electron chi connectivity index (χ4n) is 9.56. The van der Waals surface area contributed by atoms with Crippen LogP contribution in [-0.2, 0) is 31.0 Å². The van der Waals surface area contributed by atoms with Crippen LogP contribution in [0.15, 0.2) is 90.5 Å². The van der Waals surface area contributed by atoms with E-state index < -0.39 is 46.8 Å². The maximum Gasteiger partial charge on any atom is 0.260 e. The zero-order valence-electron chi connectivity index (χ0n) is 30.4. The second kappa shape index (κ2) is 13.8. The predicted octanol–water partition coefficient (Wildman–Crippen LogP) is 7.26. The number of imide groups is 2. The molecule has 1 saturated carbocycles. The summed E-state index contributed by atoms with van der Waals surface area (Å²) >= 11 is 12.7. The number of nitrogens with zero attached hydrogens (tertiary/aromatic N) is 2. The summed E-state index contributed by atoms with van der Waals surface area (Å²) in [5.41, 5.74) is 5.98. The number of benzene rings is 4. The van der Waals surface area contributed by atoms with Crippen molar-refractivity contribution in [3.8, 4) is 17.2 Å². The molecule has 3 fully saturated rings. The molecule has 2 saturated heterocycles. The van der Waals surface area contributed by atoms with Gasteiger partial charge in [-0.1, -0.05) is 71.2 Å². The number of anilines is 1. The standard InChI is InChI=1S/C43H39Cl2N3O7/c1-22-18-25(19-23(2)38(22)50)37-30-13-14-31-36(41(53)47(39(31)51)17-16-24-4-9-28(49)10-5-24)32(30)21-33-40(52)48(46-35-15-8-27(44)20-34(35)45)42(54)43(33,37)26-6-11-29(55-3)12-7-26/h4-13,15,18-20,31-33,36-37,46,49-50H,14,16-17,21H2,1-3H3. The van der Waals surface area contributed by atoms with Gasteiger partial charge in [-0.2, -0.15) is 5.01 Å². The van der Waals surface area contributed by atoms with E-state index in [2.05, 4.69) is 5.43 Å². The van der Waals surface area contributed by atoms with Crippen molar-refractivity contribution in [1.82, 2.24) is 9.91 Å². The number of phenolic OH excluding ortho intramolecular Hbond substituents is 2. The van der Waals surface area contributed by atoms with Crippen molar-refractivity contribution in [3.63, 3.8) is 0 Å². The first-order chi connectivity index (χ1) is 26.3. The van der Waals surface area contributed by atoms with Crippen molar-refractivity contribution in [2.45, 2.75) is 44.4 Å². The van der Waals surface area contributed by atoms with E-state index in [1.807, 2.05) is 30.3 Å². The van der Waals surface area contributed by atoms with Gasteiger partial charge < -0.3 is 14.9 Å². The van der Waals surface area contributed by atoms with Gasteiger partial charge in [0.1, 0.15) is 17.2 Å². The molecule has 3 N–H and O–H groups in total. The fraction of sp³-hybridized carbons (Fsp3) is 0.302. The van der Waals surface area contributed by atoms with E-state index in [1.54, 1.807) is 69.5 Å². The lowest BCUT2D eigenvalue weighted by Gasteiger charge is -2.50. The number of halogens is 2. The maximum atomic E-state index is 15.5. The van der Waals surface area contributed by atoms with Gasteiger partial charge in [0.15, 0.2) is 0 Å². The number of hydrogen-bond donors (Lipinski definition) is 3. The van der Waals surface area contributed by atoms with Gasteiger partial charge in [-0.3, -0.25) is 29.5 Å². The van der Waals surface area contributed by atoms with Gasteiger partial charge >= 0.3 is 0 Å². The molecule has 55 heavy (non-hydrogen) atoms. The van der Waals surface area contributed by atoms with Crippen LogP contribution in [0.1, 0.15) is 46.6 Å². The predicted molar refractivity (Wildman–Crippen MR) is 207 cm³/mol. The molecule has 10 nitrogen and oxygen atoms in total. The number of nitrogens with one attached hydrogen (secondary N) is 1. The Morgan fingerprint density at radius 3 is 2.20 bits per heavy atom. The topological polar surface area (TPSA) is 136 Å². The van der Waals surface area contributed by atoms with E-state index in [0.717, 1.165) is 16.1 Å². The van der Waals surface area contributed by atoms with Gasteiger partial charge in [-0.15, -0.1) is 0 Å². The molecule has 2 heterocycles. The lowest BCUT2D eigenvalue weighted by atomic mass is 9.49.